The van der Waals surface area contributed by atoms with E-state index in [1.165, 1.54) is 0 Å². The number of H-pyrrole nitrogens is 1. The molecule has 31 heavy (non-hydrogen) atoms. The number of carbonyl (C=O) groups is 1. The number of aryl methyl sites for hydroxylation is 1. The Morgan fingerprint density at radius 2 is 1.74 bits per heavy atom. The summed E-state index contributed by atoms with van der Waals surface area (Å²) in [6.07, 6.45) is 1.65. The molecule has 3 aromatic carbocycles. The Bertz CT molecular complexity index is 1400. The van der Waals surface area contributed by atoms with Crippen LogP contribution >= 0.6 is 12.4 Å². The van der Waals surface area contributed by atoms with Crippen LogP contribution < -0.4 is 11.5 Å². The first kappa shape index (κ1) is 21.0. The quantitative estimate of drug-likeness (QED) is 0.348. The smallest absolute Gasteiger partial charge is 0.217 e. The standard InChI is InChI=1S/C25H23N3O2.ClH/c26-13-12-17-20-14-15(8-9-22(20)28-21(17)10-11-24(27)29)16-5-3-6-19-18-4-1-2-7-23(18)30-25(16)19;/h1-9,14,28H,10-13,26H2,(H2,27,29);1H. The number of nitrogens with two attached hydrogens (primary N) is 2. The van der Waals surface area contributed by atoms with Gasteiger partial charge in [-0.15, -0.1) is 12.4 Å². The summed E-state index contributed by atoms with van der Waals surface area (Å²) in [5, 5.41) is 3.36. The minimum Gasteiger partial charge on any atom is -0.455 e. The van der Waals surface area contributed by atoms with E-state index >= 15 is 0 Å². The fourth-order valence-electron chi connectivity index (χ4n) is 4.34. The molecule has 0 atom stereocenters. The van der Waals surface area contributed by atoms with Crippen LogP contribution in [0.5, 0.6) is 0 Å². The lowest BCUT2D eigenvalue weighted by Crippen LogP contribution is -2.12. The summed E-state index contributed by atoms with van der Waals surface area (Å²) in [5.74, 6) is -0.301. The number of benzene rings is 3. The highest BCUT2D eigenvalue weighted by molar-refractivity contribution is 6.10. The molecule has 0 spiro atoms. The zero-order valence-corrected chi connectivity index (χ0v) is 17.8. The van der Waals surface area contributed by atoms with Crippen LogP contribution in [-0.2, 0) is 17.6 Å². The van der Waals surface area contributed by atoms with Gasteiger partial charge >= 0.3 is 0 Å². The summed E-state index contributed by atoms with van der Waals surface area (Å²) in [6.45, 7) is 0.542. The molecule has 158 valence electrons. The van der Waals surface area contributed by atoms with Gasteiger partial charge in [-0.2, -0.15) is 0 Å². The van der Waals surface area contributed by atoms with Gasteiger partial charge in [0.05, 0.1) is 0 Å². The topological polar surface area (TPSA) is 98.0 Å². The van der Waals surface area contributed by atoms with Crippen molar-refractivity contribution in [2.45, 2.75) is 19.3 Å². The van der Waals surface area contributed by atoms with Crippen LogP contribution in [0.15, 0.2) is 65.1 Å². The third kappa shape index (κ3) is 3.67. The molecule has 0 bridgehead atoms. The predicted molar refractivity (Wildman–Crippen MR) is 129 cm³/mol. The second kappa shape index (κ2) is 8.46. The van der Waals surface area contributed by atoms with Crippen molar-refractivity contribution < 1.29 is 9.21 Å². The van der Waals surface area contributed by atoms with Crippen LogP contribution in [0.1, 0.15) is 17.7 Å². The van der Waals surface area contributed by atoms with Gasteiger partial charge in [0, 0.05) is 39.4 Å². The Labute approximate surface area is 185 Å². The highest BCUT2D eigenvalue weighted by Gasteiger charge is 2.15. The number of nitrogens with one attached hydrogen (secondary N) is 1. The maximum atomic E-state index is 11.3. The van der Waals surface area contributed by atoms with Gasteiger partial charge in [-0.05, 0) is 48.7 Å². The molecule has 0 fully saturated rings. The number of rotatable bonds is 6. The molecular weight excluding hydrogens is 410 g/mol. The molecule has 5 N–H and O–H groups in total. The maximum absolute atomic E-state index is 11.3. The van der Waals surface area contributed by atoms with Gasteiger partial charge in [-0.3, -0.25) is 4.79 Å². The number of carbonyl (C=O) groups excluding carboxylic acids is 1. The van der Waals surface area contributed by atoms with Crippen molar-refractivity contribution in [2.24, 2.45) is 11.5 Å². The third-order valence-corrected chi connectivity index (χ3v) is 5.73. The number of halogens is 1. The number of para-hydroxylation sites is 2. The van der Waals surface area contributed by atoms with Crippen LogP contribution in [0.2, 0.25) is 0 Å². The minimum atomic E-state index is -0.301. The fraction of sp³-hybridized carbons (Fsp3) is 0.160. The van der Waals surface area contributed by atoms with Crippen molar-refractivity contribution in [3.05, 3.63) is 71.9 Å². The number of aromatic amines is 1. The Hall–Kier alpha value is -3.28. The average Bonchev–Trinajstić information content (AvgIpc) is 3.30. The van der Waals surface area contributed by atoms with E-state index in [-0.39, 0.29) is 18.3 Å². The van der Waals surface area contributed by atoms with E-state index in [1.807, 2.05) is 18.2 Å². The van der Waals surface area contributed by atoms with Crippen LogP contribution in [0.25, 0.3) is 44.0 Å². The minimum absolute atomic E-state index is 0. The molecule has 0 aliphatic rings. The molecule has 0 saturated heterocycles. The molecule has 0 radical (unpaired) electrons. The van der Waals surface area contributed by atoms with Crippen LogP contribution in [-0.4, -0.2) is 17.4 Å². The molecule has 0 saturated carbocycles. The van der Waals surface area contributed by atoms with Gasteiger partial charge in [0.2, 0.25) is 5.91 Å². The number of hydrogen-bond acceptors (Lipinski definition) is 3. The largest absolute Gasteiger partial charge is 0.455 e. The van der Waals surface area contributed by atoms with E-state index in [0.717, 1.165) is 61.6 Å². The summed E-state index contributed by atoms with van der Waals surface area (Å²) in [6, 6.07) is 20.7. The van der Waals surface area contributed by atoms with Gasteiger partial charge in [-0.1, -0.05) is 42.5 Å². The molecular formula is C25H24ClN3O2. The van der Waals surface area contributed by atoms with Gasteiger partial charge in [0.1, 0.15) is 11.2 Å². The Morgan fingerprint density at radius 1 is 0.935 bits per heavy atom. The van der Waals surface area contributed by atoms with Crippen molar-refractivity contribution in [3.63, 3.8) is 0 Å². The molecule has 5 nitrogen and oxygen atoms in total. The van der Waals surface area contributed by atoms with E-state index in [1.54, 1.807) is 0 Å². The highest BCUT2D eigenvalue weighted by atomic mass is 35.5. The molecule has 5 aromatic rings. The SMILES string of the molecule is Cl.NCCc1c(CCC(N)=O)[nH]c2ccc(-c3cccc4c3oc3ccccc34)cc12. The number of aromatic nitrogens is 1. The fourth-order valence-corrected chi connectivity index (χ4v) is 4.34. The molecule has 6 heteroatoms. The lowest BCUT2D eigenvalue weighted by molar-refractivity contribution is -0.118. The highest BCUT2D eigenvalue weighted by Crippen LogP contribution is 2.37. The summed E-state index contributed by atoms with van der Waals surface area (Å²) in [7, 11) is 0. The molecule has 5 rings (SSSR count). The number of fused-ring (bicyclic) bond motifs is 4. The van der Waals surface area contributed by atoms with Crippen LogP contribution in [0, 0.1) is 0 Å². The predicted octanol–water partition coefficient (Wildman–Crippen LogP) is 5.08. The second-order valence-corrected chi connectivity index (χ2v) is 7.63. The van der Waals surface area contributed by atoms with Crippen molar-refractivity contribution in [1.29, 1.82) is 0 Å². The second-order valence-electron chi connectivity index (χ2n) is 7.63. The van der Waals surface area contributed by atoms with Crippen molar-refractivity contribution in [3.8, 4) is 11.1 Å². The van der Waals surface area contributed by atoms with E-state index in [2.05, 4.69) is 47.4 Å². The first-order valence-electron chi connectivity index (χ1n) is 10.2. The molecule has 0 aliphatic carbocycles. The number of primary amides is 1. The lowest BCUT2D eigenvalue weighted by Gasteiger charge is -2.05. The normalized spacial score (nSPS) is 11.3. The first-order valence-corrected chi connectivity index (χ1v) is 10.2. The molecule has 1 amide bonds. The summed E-state index contributed by atoms with van der Waals surface area (Å²) in [5.41, 5.74) is 18.4. The van der Waals surface area contributed by atoms with E-state index in [0.29, 0.717) is 19.4 Å². The monoisotopic (exact) mass is 433 g/mol. The van der Waals surface area contributed by atoms with Crippen LogP contribution in [0.3, 0.4) is 0 Å². The van der Waals surface area contributed by atoms with Crippen molar-refractivity contribution in [2.75, 3.05) is 6.54 Å². The van der Waals surface area contributed by atoms with E-state index < -0.39 is 0 Å². The number of amides is 1. The van der Waals surface area contributed by atoms with Gasteiger partial charge < -0.3 is 20.9 Å². The Kier molecular flexibility index (Phi) is 5.72. The number of furan rings is 1. The van der Waals surface area contributed by atoms with E-state index in [4.69, 9.17) is 15.9 Å². The van der Waals surface area contributed by atoms with Crippen molar-refractivity contribution >= 4 is 51.2 Å². The Morgan fingerprint density at radius 3 is 2.55 bits per heavy atom. The molecule has 2 heterocycles. The first-order chi connectivity index (χ1) is 14.7. The van der Waals surface area contributed by atoms with Gasteiger partial charge in [0.25, 0.3) is 0 Å². The lowest BCUT2D eigenvalue weighted by atomic mass is 9.98. The Balaban J connectivity index is 0.00000231. The summed E-state index contributed by atoms with van der Waals surface area (Å²) in [4.78, 5) is 14.7. The summed E-state index contributed by atoms with van der Waals surface area (Å²) < 4.78 is 6.22. The average molecular weight is 434 g/mol. The molecule has 0 unspecified atom stereocenters. The van der Waals surface area contributed by atoms with Gasteiger partial charge in [0.15, 0.2) is 0 Å². The van der Waals surface area contributed by atoms with Gasteiger partial charge in [-0.25, -0.2) is 0 Å². The number of hydrogen-bond donors (Lipinski definition) is 3. The zero-order valence-electron chi connectivity index (χ0n) is 17.0. The summed E-state index contributed by atoms with van der Waals surface area (Å²) >= 11 is 0. The van der Waals surface area contributed by atoms with Crippen molar-refractivity contribution in [1.82, 2.24) is 4.98 Å². The van der Waals surface area contributed by atoms with E-state index in [9.17, 15) is 4.79 Å². The zero-order chi connectivity index (χ0) is 20.7. The molecule has 2 aromatic heterocycles. The van der Waals surface area contributed by atoms with Crippen LogP contribution in [0.4, 0.5) is 0 Å². The molecule has 0 aliphatic heterocycles. The maximum Gasteiger partial charge on any atom is 0.217 e. The third-order valence-electron chi connectivity index (χ3n) is 5.73.